The van der Waals surface area contributed by atoms with Gasteiger partial charge in [0.2, 0.25) is 0 Å². The van der Waals surface area contributed by atoms with Crippen LogP contribution in [0.5, 0.6) is 46.0 Å². The third-order valence-electron chi connectivity index (χ3n) is 12.7. The Hall–Kier alpha value is -3.56. The Morgan fingerprint density at radius 3 is 0.625 bits per heavy atom. The standard InChI is InChI=1S/C60H84Cl4O8/c1-5-9-13-17-25-69-57-45-33-47-39-54(66-30-22-62)41-49(58(47)70-26-18-14-10-6-2)35-51-43-56(68-32-24-64)44-52(60(51)72-28-20-16-12-8-4)36-50-42-55(67-31-23-63)40-48(59(50)71-27-19-15-11-7-3)34-46(57)38-53(37-45)65-29-21-61/h37-44H,5-36H2,1-4H3. The van der Waals surface area contributed by atoms with E-state index >= 15 is 0 Å². The molecule has 0 saturated heterocycles. The lowest BCUT2D eigenvalue weighted by Gasteiger charge is -2.25. The van der Waals surface area contributed by atoms with Crippen LogP contribution in [-0.2, 0) is 25.7 Å². The van der Waals surface area contributed by atoms with Gasteiger partial charge < -0.3 is 37.9 Å². The minimum Gasteiger partial charge on any atom is -0.493 e. The first-order chi connectivity index (χ1) is 35.4. The summed E-state index contributed by atoms with van der Waals surface area (Å²) in [5.74, 6) is 7.57. The van der Waals surface area contributed by atoms with Crippen LogP contribution in [0.4, 0.5) is 0 Å². The molecule has 4 aromatic rings. The first-order valence-corrected chi connectivity index (χ1v) is 29.4. The van der Waals surface area contributed by atoms with Gasteiger partial charge in [-0.05, 0) is 74.2 Å². The van der Waals surface area contributed by atoms with Crippen LogP contribution >= 0.6 is 46.4 Å². The van der Waals surface area contributed by atoms with Crippen molar-refractivity contribution >= 4 is 46.4 Å². The summed E-state index contributed by atoms with van der Waals surface area (Å²) in [5, 5.41) is 0. The third-order valence-corrected chi connectivity index (χ3v) is 13.4. The molecular formula is C60H84Cl4O8. The number of alkyl halides is 4. The number of ether oxygens (including phenoxy) is 8. The van der Waals surface area contributed by atoms with Crippen LogP contribution in [0.1, 0.15) is 175 Å². The first kappa shape index (κ1) is 59.3. The Labute approximate surface area is 453 Å². The maximum absolute atomic E-state index is 7.04. The summed E-state index contributed by atoms with van der Waals surface area (Å²) in [7, 11) is 0. The summed E-state index contributed by atoms with van der Waals surface area (Å²) in [6.07, 6.45) is 19.1. The third kappa shape index (κ3) is 19.6. The van der Waals surface area contributed by atoms with E-state index in [9.17, 15) is 0 Å². The Morgan fingerprint density at radius 1 is 0.264 bits per heavy atom. The van der Waals surface area contributed by atoms with E-state index in [4.69, 9.17) is 84.3 Å². The van der Waals surface area contributed by atoms with Gasteiger partial charge in [0.15, 0.2) is 0 Å². The molecule has 0 heterocycles. The van der Waals surface area contributed by atoms with Gasteiger partial charge >= 0.3 is 0 Å². The average Bonchev–Trinajstić information content (AvgIpc) is 3.38. The van der Waals surface area contributed by atoms with Gasteiger partial charge in [-0.25, -0.2) is 0 Å². The second-order valence-electron chi connectivity index (χ2n) is 18.8. The maximum atomic E-state index is 7.04. The van der Waals surface area contributed by atoms with E-state index in [1.807, 2.05) is 0 Å². The van der Waals surface area contributed by atoms with Gasteiger partial charge in [0.25, 0.3) is 0 Å². The van der Waals surface area contributed by atoms with Crippen LogP contribution in [0.25, 0.3) is 0 Å². The predicted octanol–water partition coefficient (Wildman–Crippen LogP) is 16.7. The van der Waals surface area contributed by atoms with Crippen molar-refractivity contribution in [1.29, 1.82) is 0 Å². The predicted molar refractivity (Wildman–Crippen MR) is 300 cm³/mol. The average molecular weight is 1080 g/mol. The van der Waals surface area contributed by atoms with Crippen LogP contribution < -0.4 is 37.9 Å². The molecule has 0 atom stereocenters. The molecular weight excluding hydrogens is 990 g/mol. The summed E-state index contributed by atoms with van der Waals surface area (Å²) in [4.78, 5) is 0. The van der Waals surface area contributed by atoms with Gasteiger partial charge in [-0.1, -0.05) is 105 Å². The highest BCUT2D eigenvalue weighted by atomic mass is 35.5. The fraction of sp³-hybridized carbons (Fsp3) is 0.600. The summed E-state index contributed by atoms with van der Waals surface area (Å²) < 4.78 is 53.9. The van der Waals surface area contributed by atoms with Gasteiger partial charge in [0.1, 0.15) is 72.4 Å². The summed E-state index contributed by atoms with van der Waals surface area (Å²) >= 11 is 25.2. The number of unbranched alkanes of at least 4 members (excludes halogenated alkanes) is 12. The molecule has 0 amide bonds. The molecule has 12 heteroatoms. The first-order valence-electron chi connectivity index (χ1n) is 27.3. The van der Waals surface area contributed by atoms with Crippen LogP contribution in [0.3, 0.4) is 0 Å². The van der Waals surface area contributed by atoms with Crippen molar-refractivity contribution < 1.29 is 37.9 Å². The molecule has 0 saturated carbocycles. The molecule has 8 bridgehead atoms. The highest BCUT2D eigenvalue weighted by Crippen LogP contribution is 2.44. The molecule has 0 radical (unpaired) electrons. The number of halogens is 4. The molecule has 72 heavy (non-hydrogen) atoms. The van der Waals surface area contributed by atoms with Crippen molar-refractivity contribution in [2.45, 2.75) is 156 Å². The molecule has 0 unspecified atom stereocenters. The molecule has 0 aromatic heterocycles. The van der Waals surface area contributed by atoms with Gasteiger partial charge in [-0.2, -0.15) is 0 Å². The minimum atomic E-state index is 0.349. The monoisotopic (exact) mass is 1070 g/mol. The fourth-order valence-electron chi connectivity index (χ4n) is 9.27. The smallest absolute Gasteiger partial charge is 0.126 e. The van der Waals surface area contributed by atoms with E-state index in [2.05, 4.69) is 76.2 Å². The van der Waals surface area contributed by atoms with E-state index in [1.54, 1.807) is 0 Å². The number of hydrogen-bond donors (Lipinski definition) is 0. The van der Waals surface area contributed by atoms with Gasteiger partial charge in [-0.15, -0.1) is 46.4 Å². The normalized spacial score (nSPS) is 12.1. The SMILES string of the molecule is CCCCCCOc1c2cc(OCCCl)cc1Cc1cc(OCCCl)cc(c1OCCCCCC)Cc1cc(OCCCl)cc(c1OCCCCCC)Cc1cc(OCCCl)cc(c1OCCCCCC)C2. The van der Waals surface area contributed by atoms with Crippen molar-refractivity contribution in [3.05, 3.63) is 93.0 Å². The Bertz CT molecular complexity index is 1770. The quantitative estimate of drug-likeness (QED) is 0.0290. The number of hydrogen-bond acceptors (Lipinski definition) is 8. The molecule has 5 rings (SSSR count). The molecule has 1 aliphatic carbocycles. The molecule has 1 aliphatic rings. The highest BCUT2D eigenvalue weighted by Gasteiger charge is 2.26. The van der Waals surface area contributed by atoms with Crippen molar-refractivity contribution in [2.75, 3.05) is 76.4 Å². The fourth-order valence-corrected chi connectivity index (χ4v) is 9.58. The van der Waals surface area contributed by atoms with Crippen molar-refractivity contribution in [3.8, 4) is 46.0 Å². The van der Waals surface area contributed by atoms with Crippen LogP contribution in [0.2, 0.25) is 0 Å². The van der Waals surface area contributed by atoms with Gasteiger partial charge in [-0.3, -0.25) is 0 Å². The minimum absolute atomic E-state index is 0.349. The van der Waals surface area contributed by atoms with Crippen molar-refractivity contribution in [1.82, 2.24) is 0 Å². The molecule has 400 valence electrons. The molecule has 4 aromatic carbocycles. The number of fused-ring (bicyclic) bond motifs is 8. The van der Waals surface area contributed by atoms with E-state index < -0.39 is 0 Å². The molecule has 0 aliphatic heterocycles. The van der Waals surface area contributed by atoms with E-state index in [-0.39, 0.29) is 0 Å². The molecule has 0 spiro atoms. The molecule has 0 N–H and O–H groups in total. The van der Waals surface area contributed by atoms with Crippen LogP contribution in [-0.4, -0.2) is 76.4 Å². The zero-order valence-corrected chi connectivity index (χ0v) is 47.0. The highest BCUT2D eigenvalue weighted by molar-refractivity contribution is 6.18. The zero-order valence-electron chi connectivity index (χ0n) is 44.0. The van der Waals surface area contributed by atoms with E-state index in [0.717, 1.165) is 170 Å². The second-order valence-corrected chi connectivity index (χ2v) is 20.3. The second kappa shape index (κ2) is 34.8. The largest absolute Gasteiger partial charge is 0.493 e. The number of rotatable bonds is 36. The summed E-state index contributed by atoms with van der Waals surface area (Å²) in [5.41, 5.74) is 7.80. The summed E-state index contributed by atoms with van der Waals surface area (Å²) in [6.45, 7) is 12.6. The topological polar surface area (TPSA) is 73.8 Å². The summed E-state index contributed by atoms with van der Waals surface area (Å²) in [6, 6.07) is 16.9. The van der Waals surface area contributed by atoms with Gasteiger partial charge in [0.05, 0.1) is 49.9 Å². The Balaban J connectivity index is 1.88. The van der Waals surface area contributed by atoms with E-state index in [0.29, 0.717) is 125 Å². The van der Waals surface area contributed by atoms with Gasteiger partial charge in [0, 0.05) is 70.2 Å². The lowest BCUT2D eigenvalue weighted by Crippen LogP contribution is -2.12. The maximum Gasteiger partial charge on any atom is 0.126 e. The van der Waals surface area contributed by atoms with Crippen molar-refractivity contribution in [3.63, 3.8) is 0 Å². The van der Waals surface area contributed by atoms with Crippen LogP contribution in [0, 0.1) is 0 Å². The van der Waals surface area contributed by atoms with Crippen molar-refractivity contribution in [2.24, 2.45) is 0 Å². The zero-order chi connectivity index (χ0) is 51.2. The molecule has 0 fully saturated rings. The van der Waals surface area contributed by atoms with Crippen LogP contribution in [0.15, 0.2) is 48.5 Å². The lowest BCUT2D eigenvalue weighted by atomic mass is 9.90. The Morgan fingerprint density at radius 2 is 0.458 bits per heavy atom. The lowest BCUT2D eigenvalue weighted by molar-refractivity contribution is 0.290. The molecule has 8 nitrogen and oxygen atoms in total. The number of benzene rings is 4. The Kier molecular flexibility index (Phi) is 28.7. The van der Waals surface area contributed by atoms with E-state index in [1.165, 1.54) is 0 Å².